The highest BCUT2D eigenvalue weighted by atomic mass is 16.2. The van der Waals surface area contributed by atoms with Crippen LogP contribution in [-0.2, 0) is 5.41 Å². The lowest BCUT2D eigenvalue weighted by Gasteiger charge is -2.25. The number of imidazole rings is 1. The molecular formula is C13H18N4O. The molecule has 0 atom stereocenters. The summed E-state index contributed by atoms with van der Waals surface area (Å²) in [4.78, 5) is 18.4. The number of carbonyl (C=O) groups excluding carboxylic acids is 1. The van der Waals surface area contributed by atoms with Crippen molar-refractivity contribution in [1.29, 1.82) is 0 Å². The van der Waals surface area contributed by atoms with E-state index >= 15 is 0 Å². The lowest BCUT2D eigenvalue weighted by Crippen LogP contribution is -2.39. The Balaban J connectivity index is 2.31. The van der Waals surface area contributed by atoms with Gasteiger partial charge in [-0.2, -0.15) is 0 Å². The van der Waals surface area contributed by atoms with Gasteiger partial charge in [0.25, 0.3) is 0 Å². The quantitative estimate of drug-likeness (QED) is 0.771. The number of fused-ring (bicyclic) bond motifs is 1. The van der Waals surface area contributed by atoms with Crippen molar-refractivity contribution in [2.24, 2.45) is 5.73 Å². The molecule has 0 aliphatic carbocycles. The van der Waals surface area contributed by atoms with Gasteiger partial charge in [0.15, 0.2) is 0 Å². The van der Waals surface area contributed by atoms with E-state index in [0.717, 1.165) is 22.4 Å². The minimum absolute atomic E-state index is 0.178. The maximum Gasteiger partial charge on any atom is 0.312 e. The number of nitrogens with two attached hydrogens (primary N) is 1. The molecule has 0 fully saturated rings. The predicted molar refractivity (Wildman–Crippen MR) is 71.4 cm³/mol. The lowest BCUT2D eigenvalue weighted by molar-refractivity contribution is 0.246. The fraction of sp³-hybridized carbons (Fsp3) is 0.385. The minimum atomic E-state index is -0.499. The number of urea groups is 1. The van der Waals surface area contributed by atoms with E-state index in [9.17, 15) is 4.79 Å². The molecule has 5 nitrogen and oxygen atoms in total. The molecule has 18 heavy (non-hydrogen) atoms. The number of carbonyl (C=O) groups is 1. The molecule has 1 heterocycles. The number of nitrogens with one attached hydrogen (secondary N) is 2. The van der Waals surface area contributed by atoms with E-state index in [1.165, 1.54) is 0 Å². The van der Waals surface area contributed by atoms with Gasteiger partial charge in [0, 0.05) is 12.0 Å². The van der Waals surface area contributed by atoms with E-state index in [1.54, 1.807) is 0 Å². The Labute approximate surface area is 106 Å². The number of primary amides is 1. The number of nitrogens with zero attached hydrogens (tertiary/aromatic N) is 1. The van der Waals surface area contributed by atoms with Crippen molar-refractivity contribution in [2.75, 3.05) is 6.54 Å². The zero-order chi connectivity index (χ0) is 13.3. The molecule has 0 saturated carbocycles. The number of hydrogen-bond acceptors (Lipinski definition) is 2. The molecule has 0 aliphatic heterocycles. The molecule has 1 aromatic heterocycles. The molecule has 4 N–H and O–H groups in total. The van der Waals surface area contributed by atoms with Crippen LogP contribution in [0, 0.1) is 6.92 Å². The van der Waals surface area contributed by atoms with Crippen LogP contribution in [0.15, 0.2) is 18.2 Å². The summed E-state index contributed by atoms with van der Waals surface area (Å²) in [5.74, 6) is 0.898. The Hall–Kier alpha value is -2.04. The Morgan fingerprint density at radius 3 is 2.89 bits per heavy atom. The molecule has 5 heteroatoms. The number of aryl methyl sites for hydroxylation is 1. The van der Waals surface area contributed by atoms with Gasteiger partial charge in [-0.15, -0.1) is 0 Å². The highest BCUT2D eigenvalue weighted by Crippen LogP contribution is 2.25. The summed E-state index contributed by atoms with van der Waals surface area (Å²) in [6.07, 6.45) is 0. The monoisotopic (exact) mass is 246 g/mol. The van der Waals surface area contributed by atoms with E-state index in [4.69, 9.17) is 5.73 Å². The molecule has 0 unspecified atom stereocenters. The lowest BCUT2D eigenvalue weighted by atomic mass is 9.84. The van der Waals surface area contributed by atoms with Crippen molar-refractivity contribution in [1.82, 2.24) is 15.3 Å². The van der Waals surface area contributed by atoms with Crippen LogP contribution in [0.3, 0.4) is 0 Å². The number of benzene rings is 1. The maximum absolute atomic E-state index is 10.8. The number of amides is 2. The normalized spacial score (nSPS) is 11.7. The van der Waals surface area contributed by atoms with Gasteiger partial charge in [-0.25, -0.2) is 9.78 Å². The molecule has 0 saturated heterocycles. The third-order valence-corrected chi connectivity index (χ3v) is 3.09. The molecular weight excluding hydrogens is 228 g/mol. The highest BCUT2D eigenvalue weighted by molar-refractivity contribution is 5.76. The van der Waals surface area contributed by atoms with Crippen LogP contribution in [0.1, 0.15) is 25.2 Å². The largest absolute Gasteiger partial charge is 0.352 e. The van der Waals surface area contributed by atoms with E-state index in [0.29, 0.717) is 6.54 Å². The van der Waals surface area contributed by atoms with E-state index in [1.807, 2.05) is 19.1 Å². The van der Waals surface area contributed by atoms with Gasteiger partial charge >= 0.3 is 6.03 Å². The zero-order valence-corrected chi connectivity index (χ0v) is 10.9. The third-order valence-electron chi connectivity index (χ3n) is 3.09. The van der Waals surface area contributed by atoms with Gasteiger partial charge in [0.05, 0.1) is 11.0 Å². The number of aromatic nitrogens is 2. The number of hydrogen-bond donors (Lipinski definition) is 3. The average molecular weight is 246 g/mol. The summed E-state index contributed by atoms with van der Waals surface area (Å²) >= 11 is 0. The van der Waals surface area contributed by atoms with Crippen LogP contribution >= 0.6 is 0 Å². The zero-order valence-electron chi connectivity index (χ0n) is 10.9. The smallest absolute Gasteiger partial charge is 0.312 e. The van der Waals surface area contributed by atoms with E-state index in [2.05, 4.69) is 35.2 Å². The van der Waals surface area contributed by atoms with Crippen molar-refractivity contribution in [3.63, 3.8) is 0 Å². The SMILES string of the molecule is Cc1nc2ccc(C(C)(C)CNC(N)=O)cc2[nH]1. The molecule has 0 bridgehead atoms. The summed E-state index contributed by atoms with van der Waals surface area (Å²) in [5.41, 5.74) is 8.02. The van der Waals surface area contributed by atoms with Crippen molar-refractivity contribution in [2.45, 2.75) is 26.2 Å². The van der Waals surface area contributed by atoms with Gasteiger partial charge in [-0.1, -0.05) is 19.9 Å². The molecule has 0 radical (unpaired) electrons. The summed E-state index contributed by atoms with van der Waals surface area (Å²) < 4.78 is 0. The van der Waals surface area contributed by atoms with Crippen LogP contribution in [0.25, 0.3) is 11.0 Å². The summed E-state index contributed by atoms with van der Waals surface area (Å²) in [7, 11) is 0. The van der Waals surface area contributed by atoms with Gasteiger partial charge < -0.3 is 16.0 Å². The Morgan fingerprint density at radius 2 is 2.22 bits per heavy atom. The maximum atomic E-state index is 10.8. The van der Waals surface area contributed by atoms with Crippen molar-refractivity contribution in [3.8, 4) is 0 Å². The number of aromatic amines is 1. The molecule has 96 valence electrons. The standard InChI is InChI=1S/C13H18N4O/c1-8-16-10-5-4-9(6-11(10)17-8)13(2,3)7-15-12(14)18/h4-6H,7H2,1-3H3,(H,16,17)(H3,14,15,18). The second-order valence-corrected chi connectivity index (χ2v) is 5.16. The molecule has 0 aliphatic rings. The first-order valence-electron chi connectivity index (χ1n) is 5.89. The second-order valence-electron chi connectivity index (χ2n) is 5.16. The third kappa shape index (κ3) is 2.45. The van der Waals surface area contributed by atoms with Gasteiger partial charge in [0.1, 0.15) is 5.82 Å². The number of rotatable bonds is 3. The van der Waals surface area contributed by atoms with Crippen LogP contribution in [-0.4, -0.2) is 22.5 Å². The van der Waals surface area contributed by atoms with Gasteiger partial charge in [-0.3, -0.25) is 0 Å². The topological polar surface area (TPSA) is 83.8 Å². The summed E-state index contributed by atoms with van der Waals surface area (Å²) in [6.45, 7) is 6.56. The Bertz CT molecular complexity index is 586. The second kappa shape index (κ2) is 4.33. The van der Waals surface area contributed by atoms with Crippen LogP contribution in [0.4, 0.5) is 4.79 Å². The first kappa shape index (κ1) is 12.4. The van der Waals surface area contributed by atoms with Gasteiger partial charge in [-0.05, 0) is 24.6 Å². The van der Waals surface area contributed by atoms with E-state index < -0.39 is 6.03 Å². The van der Waals surface area contributed by atoms with Crippen LogP contribution in [0.2, 0.25) is 0 Å². The number of H-pyrrole nitrogens is 1. The molecule has 2 amide bonds. The van der Waals surface area contributed by atoms with Gasteiger partial charge in [0.2, 0.25) is 0 Å². The fourth-order valence-electron chi connectivity index (χ4n) is 1.97. The summed E-state index contributed by atoms with van der Waals surface area (Å²) in [6, 6.07) is 5.59. The molecule has 1 aromatic carbocycles. The summed E-state index contributed by atoms with van der Waals surface area (Å²) in [5, 5.41) is 2.65. The van der Waals surface area contributed by atoms with Crippen LogP contribution in [0.5, 0.6) is 0 Å². The average Bonchev–Trinajstić information content (AvgIpc) is 2.65. The van der Waals surface area contributed by atoms with Crippen molar-refractivity contribution in [3.05, 3.63) is 29.6 Å². The van der Waals surface area contributed by atoms with Crippen LogP contribution < -0.4 is 11.1 Å². The minimum Gasteiger partial charge on any atom is -0.352 e. The fourth-order valence-corrected chi connectivity index (χ4v) is 1.97. The Kier molecular flexibility index (Phi) is 2.98. The van der Waals surface area contributed by atoms with Crippen molar-refractivity contribution < 1.29 is 4.79 Å². The highest BCUT2D eigenvalue weighted by Gasteiger charge is 2.21. The molecule has 2 rings (SSSR count). The van der Waals surface area contributed by atoms with Crippen molar-refractivity contribution >= 4 is 17.1 Å². The predicted octanol–water partition coefficient (Wildman–Crippen LogP) is 1.82. The first-order chi connectivity index (χ1) is 8.38. The molecule has 0 spiro atoms. The van der Waals surface area contributed by atoms with E-state index in [-0.39, 0.29) is 5.41 Å². The molecule has 2 aromatic rings. The first-order valence-corrected chi connectivity index (χ1v) is 5.89. The Morgan fingerprint density at radius 1 is 1.50 bits per heavy atom.